The van der Waals surface area contributed by atoms with Gasteiger partial charge in [-0.25, -0.2) is 0 Å². The Labute approximate surface area is 97.0 Å². The molecule has 0 aromatic rings. The summed E-state index contributed by atoms with van der Waals surface area (Å²) in [7, 11) is -1.75. The first-order valence-corrected chi connectivity index (χ1v) is 11.7. The molecule has 0 fully saturated rings. The smallest absolute Gasteiger partial charge is 0.241 e. The average molecular weight is 239 g/mol. The predicted octanol–water partition coefficient (Wildman–Crippen LogP) is 4.13. The van der Waals surface area contributed by atoms with Gasteiger partial charge in [-0.15, -0.1) is 0 Å². The van der Waals surface area contributed by atoms with E-state index in [0.29, 0.717) is 0 Å². The molecule has 0 atom stereocenters. The molecule has 0 aromatic heterocycles. The molecule has 0 unspecified atom stereocenters. The van der Waals surface area contributed by atoms with Crippen LogP contribution in [-0.2, 0) is 4.43 Å². The van der Waals surface area contributed by atoms with Crippen LogP contribution in [0.4, 0.5) is 0 Å². The van der Waals surface area contributed by atoms with Gasteiger partial charge in [0, 0.05) is 6.42 Å². The molecule has 15 heavy (non-hydrogen) atoms. The lowest BCUT2D eigenvalue weighted by atomic mass is 10.2. The van der Waals surface area contributed by atoms with E-state index >= 15 is 0 Å². The fourth-order valence-electron chi connectivity index (χ4n) is 1.96. The van der Waals surface area contributed by atoms with Crippen LogP contribution in [0.2, 0.25) is 32.7 Å². The first kappa shape index (κ1) is 12.8. The summed E-state index contributed by atoms with van der Waals surface area (Å²) in [6, 6.07) is 0. The fraction of sp³-hybridized carbons (Fsp3) is 0.667. The first-order chi connectivity index (χ1) is 6.85. The lowest BCUT2D eigenvalue weighted by Crippen LogP contribution is -2.25. The molecule has 0 aliphatic heterocycles. The van der Waals surface area contributed by atoms with Gasteiger partial charge in [0.25, 0.3) is 0 Å². The highest BCUT2D eigenvalue weighted by molar-refractivity contribution is 6.70. The Hall–Kier alpha value is -0.286. The van der Waals surface area contributed by atoms with Crippen molar-refractivity contribution in [1.29, 1.82) is 0 Å². The monoisotopic (exact) mass is 239 g/mol. The van der Waals surface area contributed by atoms with E-state index in [0.717, 1.165) is 12.8 Å². The van der Waals surface area contributed by atoms with Crippen LogP contribution in [0.25, 0.3) is 0 Å². The Balaban J connectivity index is 2.86. The van der Waals surface area contributed by atoms with Gasteiger partial charge in [0.05, 0.1) is 14.6 Å². The average Bonchev–Trinajstić information content (AvgIpc) is 2.44. The second-order valence-corrected chi connectivity index (χ2v) is 12.3. The van der Waals surface area contributed by atoms with Crippen molar-refractivity contribution < 1.29 is 4.43 Å². The third-order valence-electron chi connectivity index (χ3n) is 2.47. The van der Waals surface area contributed by atoms with Crippen molar-refractivity contribution in [3.05, 3.63) is 22.6 Å². The van der Waals surface area contributed by atoms with Gasteiger partial charge >= 0.3 is 0 Å². The van der Waals surface area contributed by atoms with E-state index in [2.05, 4.69) is 45.7 Å². The largest absolute Gasteiger partial charge is 0.547 e. The van der Waals surface area contributed by atoms with E-state index in [1.807, 2.05) is 0 Å². The lowest BCUT2D eigenvalue weighted by molar-refractivity contribution is 0.409. The van der Waals surface area contributed by atoms with E-state index in [1.54, 1.807) is 5.20 Å². The molecule has 1 aliphatic rings. The molecule has 1 radical (unpaired) electrons. The maximum Gasteiger partial charge on any atom is 0.241 e. The van der Waals surface area contributed by atoms with Gasteiger partial charge in [0.15, 0.2) is 0 Å². The van der Waals surface area contributed by atoms with E-state index in [-0.39, 0.29) is 8.80 Å². The Morgan fingerprint density at radius 3 is 2.33 bits per heavy atom. The standard InChI is InChI=1S/C12H23OSi2/c1-7-10-11(13-15(4,5)6)8-9-12(10)14(2)3/h9H,7-8H2,1-6H3. The van der Waals surface area contributed by atoms with Gasteiger partial charge in [-0.2, -0.15) is 0 Å². The second kappa shape index (κ2) is 4.70. The summed E-state index contributed by atoms with van der Waals surface area (Å²) >= 11 is 0. The van der Waals surface area contributed by atoms with Crippen LogP contribution < -0.4 is 0 Å². The zero-order chi connectivity index (χ0) is 11.6. The molecular weight excluding hydrogens is 216 g/mol. The van der Waals surface area contributed by atoms with Gasteiger partial charge in [0.2, 0.25) is 8.32 Å². The zero-order valence-corrected chi connectivity index (χ0v) is 12.9. The molecule has 0 bridgehead atoms. The number of hydrogen-bond donors (Lipinski definition) is 0. The maximum absolute atomic E-state index is 6.17. The van der Waals surface area contributed by atoms with Crippen molar-refractivity contribution in [2.45, 2.75) is 52.5 Å². The second-order valence-electron chi connectivity index (χ2n) is 5.29. The summed E-state index contributed by atoms with van der Waals surface area (Å²) in [5.74, 6) is 1.28. The SMILES string of the molecule is CCC1=C(O[Si](C)(C)C)CC=C1[Si](C)C. The molecule has 0 N–H and O–H groups in total. The molecule has 0 spiro atoms. The minimum Gasteiger partial charge on any atom is -0.547 e. The molecule has 85 valence electrons. The van der Waals surface area contributed by atoms with Crippen LogP contribution >= 0.6 is 0 Å². The van der Waals surface area contributed by atoms with E-state index in [4.69, 9.17) is 4.43 Å². The normalized spacial score (nSPS) is 17.4. The molecule has 3 heteroatoms. The van der Waals surface area contributed by atoms with Crippen molar-refractivity contribution in [2.24, 2.45) is 0 Å². The first-order valence-electron chi connectivity index (χ1n) is 5.77. The predicted molar refractivity (Wildman–Crippen MR) is 71.9 cm³/mol. The van der Waals surface area contributed by atoms with Crippen molar-refractivity contribution in [1.82, 2.24) is 0 Å². The Kier molecular flexibility index (Phi) is 4.01. The van der Waals surface area contributed by atoms with Gasteiger partial charge in [0.1, 0.15) is 0 Å². The summed E-state index contributed by atoms with van der Waals surface area (Å²) in [6.07, 6.45) is 4.56. The molecule has 1 nitrogen and oxygen atoms in total. The summed E-state index contributed by atoms with van der Waals surface area (Å²) < 4.78 is 6.17. The van der Waals surface area contributed by atoms with Gasteiger partial charge in [-0.3, -0.25) is 0 Å². The molecule has 0 aromatic carbocycles. The maximum atomic E-state index is 6.17. The van der Waals surface area contributed by atoms with Crippen molar-refractivity contribution in [3.63, 3.8) is 0 Å². The van der Waals surface area contributed by atoms with Crippen LogP contribution in [0, 0.1) is 0 Å². The van der Waals surface area contributed by atoms with Crippen LogP contribution in [-0.4, -0.2) is 17.1 Å². The molecule has 0 amide bonds. The van der Waals surface area contributed by atoms with Gasteiger partial charge < -0.3 is 4.43 Å². The summed E-state index contributed by atoms with van der Waals surface area (Å²) in [5.41, 5.74) is 1.51. The molecular formula is C12H23OSi2. The third-order valence-corrected chi connectivity index (χ3v) is 4.92. The third kappa shape index (κ3) is 3.35. The minimum atomic E-state index is -1.42. The number of allylic oxidation sites excluding steroid dienone is 3. The van der Waals surface area contributed by atoms with Crippen molar-refractivity contribution >= 4 is 17.1 Å². The highest BCUT2D eigenvalue weighted by atomic mass is 28.4. The summed E-state index contributed by atoms with van der Waals surface area (Å²) in [6.45, 7) is 13.7. The van der Waals surface area contributed by atoms with Crippen LogP contribution in [0.3, 0.4) is 0 Å². The highest BCUT2D eigenvalue weighted by Gasteiger charge is 2.24. The summed E-state index contributed by atoms with van der Waals surface area (Å²) in [5, 5.41) is 1.61. The quantitative estimate of drug-likeness (QED) is 0.670. The van der Waals surface area contributed by atoms with Gasteiger partial charge in [-0.05, 0) is 31.6 Å². The van der Waals surface area contributed by atoms with Crippen LogP contribution in [0.5, 0.6) is 0 Å². The van der Waals surface area contributed by atoms with Gasteiger partial charge in [-0.1, -0.05) is 31.3 Å². The molecule has 0 saturated heterocycles. The lowest BCUT2D eigenvalue weighted by Gasteiger charge is -2.22. The Morgan fingerprint density at radius 2 is 1.93 bits per heavy atom. The van der Waals surface area contributed by atoms with Crippen LogP contribution in [0.1, 0.15) is 19.8 Å². The number of hydrogen-bond acceptors (Lipinski definition) is 1. The number of rotatable bonds is 4. The Morgan fingerprint density at radius 1 is 1.33 bits per heavy atom. The van der Waals surface area contributed by atoms with E-state index in [1.165, 1.54) is 11.3 Å². The highest BCUT2D eigenvalue weighted by Crippen LogP contribution is 2.32. The van der Waals surface area contributed by atoms with Crippen molar-refractivity contribution in [2.75, 3.05) is 0 Å². The zero-order valence-electron chi connectivity index (χ0n) is 10.9. The summed E-state index contributed by atoms with van der Waals surface area (Å²) in [4.78, 5) is 0. The van der Waals surface area contributed by atoms with E-state index in [9.17, 15) is 0 Å². The van der Waals surface area contributed by atoms with Crippen LogP contribution in [0.15, 0.2) is 22.6 Å². The molecule has 1 aliphatic carbocycles. The fourth-order valence-corrected chi connectivity index (χ4v) is 4.33. The Bertz CT molecular complexity index is 295. The minimum absolute atomic E-state index is 0.321. The topological polar surface area (TPSA) is 9.23 Å². The molecule has 0 heterocycles. The molecule has 0 saturated carbocycles. The van der Waals surface area contributed by atoms with Crippen molar-refractivity contribution in [3.8, 4) is 0 Å². The van der Waals surface area contributed by atoms with E-state index < -0.39 is 8.32 Å². The molecule has 1 rings (SSSR count).